The van der Waals surface area contributed by atoms with E-state index in [1.54, 1.807) is 0 Å². The zero-order valence-electron chi connectivity index (χ0n) is 11.7. The Morgan fingerprint density at radius 1 is 0.824 bits per heavy atom. The minimum atomic E-state index is 0.0613. The molecule has 2 aliphatic carbocycles. The molecule has 2 nitrogen and oxygen atoms in total. The highest BCUT2D eigenvalue weighted by molar-refractivity contribution is 4.97. The Hall–Kier alpha value is -0.0800. The minimum absolute atomic E-state index is 0.0613. The molecule has 2 fully saturated rings. The molecular formula is C15H30N2. The van der Waals surface area contributed by atoms with Crippen molar-refractivity contribution in [1.29, 1.82) is 0 Å². The van der Waals surface area contributed by atoms with Crippen LogP contribution in [0.4, 0.5) is 0 Å². The Morgan fingerprint density at radius 3 is 1.59 bits per heavy atom. The standard InChI is InChI=1S/C15H30N2/c1-14(16)9-5-3-7-12(14)11-13-8-4-6-10-15(13,2)17/h12-13H,3-11,16-17H2,1-2H3. The molecule has 0 aromatic heterocycles. The lowest BCUT2D eigenvalue weighted by atomic mass is 9.65. The number of rotatable bonds is 2. The summed E-state index contributed by atoms with van der Waals surface area (Å²) in [4.78, 5) is 0. The first kappa shape index (κ1) is 13.4. The Morgan fingerprint density at radius 2 is 1.24 bits per heavy atom. The van der Waals surface area contributed by atoms with Crippen LogP contribution < -0.4 is 11.5 Å². The van der Waals surface area contributed by atoms with Crippen LogP contribution in [0.25, 0.3) is 0 Å². The molecule has 0 aromatic rings. The van der Waals surface area contributed by atoms with E-state index in [0.717, 1.165) is 0 Å². The van der Waals surface area contributed by atoms with Crippen LogP contribution in [0.5, 0.6) is 0 Å². The number of hydrogen-bond donors (Lipinski definition) is 2. The Labute approximate surface area is 107 Å². The van der Waals surface area contributed by atoms with Gasteiger partial charge in [-0.25, -0.2) is 0 Å². The van der Waals surface area contributed by atoms with Gasteiger partial charge in [0.05, 0.1) is 0 Å². The van der Waals surface area contributed by atoms with E-state index in [1.165, 1.54) is 57.8 Å². The summed E-state index contributed by atoms with van der Waals surface area (Å²) in [5.41, 5.74) is 13.1. The third kappa shape index (κ3) is 3.03. The molecule has 0 heterocycles. The molecule has 2 rings (SSSR count). The fraction of sp³-hybridized carbons (Fsp3) is 1.00. The molecule has 0 radical (unpaired) electrons. The van der Waals surface area contributed by atoms with E-state index in [2.05, 4.69) is 13.8 Å². The van der Waals surface area contributed by atoms with Crippen molar-refractivity contribution in [2.75, 3.05) is 0 Å². The first-order valence-corrected chi connectivity index (χ1v) is 7.49. The summed E-state index contributed by atoms with van der Waals surface area (Å²) in [6.07, 6.45) is 11.7. The van der Waals surface area contributed by atoms with Gasteiger partial charge in [-0.2, -0.15) is 0 Å². The van der Waals surface area contributed by atoms with Gasteiger partial charge < -0.3 is 11.5 Å². The zero-order valence-corrected chi connectivity index (χ0v) is 11.7. The van der Waals surface area contributed by atoms with Crippen molar-refractivity contribution < 1.29 is 0 Å². The second kappa shape index (κ2) is 4.89. The molecule has 2 saturated carbocycles. The smallest absolute Gasteiger partial charge is 0.0154 e. The molecule has 2 aliphatic rings. The van der Waals surface area contributed by atoms with Gasteiger partial charge in [0.1, 0.15) is 0 Å². The van der Waals surface area contributed by atoms with Crippen LogP contribution in [-0.2, 0) is 0 Å². The van der Waals surface area contributed by atoms with Crippen LogP contribution in [0.3, 0.4) is 0 Å². The van der Waals surface area contributed by atoms with Gasteiger partial charge in [-0.1, -0.05) is 25.7 Å². The van der Waals surface area contributed by atoms with Crippen molar-refractivity contribution in [1.82, 2.24) is 0 Å². The first-order chi connectivity index (χ1) is 7.92. The van der Waals surface area contributed by atoms with E-state index in [4.69, 9.17) is 11.5 Å². The van der Waals surface area contributed by atoms with Crippen LogP contribution in [0.15, 0.2) is 0 Å². The molecule has 0 amide bonds. The van der Waals surface area contributed by atoms with E-state index in [1.807, 2.05) is 0 Å². The second-order valence-corrected chi connectivity index (χ2v) is 7.13. The highest BCUT2D eigenvalue weighted by Gasteiger charge is 2.39. The van der Waals surface area contributed by atoms with E-state index in [9.17, 15) is 0 Å². The Kier molecular flexibility index (Phi) is 3.84. The fourth-order valence-electron chi connectivity index (χ4n) is 3.98. The van der Waals surface area contributed by atoms with Crippen molar-refractivity contribution in [3.63, 3.8) is 0 Å². The average molecular weight is 238 g/mol. The normalized spacial score (nSPS) is 48.0. The monoisotopic (exact) mass is 238 g/mol. The Balaban J connectivity index is 1.99. The van der Waals surface area contributed by atoms with E-state index in [0.29, 0.717) is 11.8 Å². The highest BCUT2D eigenvalue weighted by atomic mass is 14.8. The number of hydrogen-bond acceptors (Lipinski definition) is 2. The number of nitrogens with two attached hydrogens (primary N) is 2. The first-order valence-electron chi connectivity index (χ1n) is 7.49. The second-order valence-electron chi connectivity index (χ2n) is 7.13. The van der Waals surface area contributed by atoms with E-state index >= 15 is 0 Å². The summed E-state index contributed by atoms with van der Waals surface area (Å²) in [6, 6.07) is 0. The van der Waals surface area contributed by atoms with Gasteiger partial charge >= 0.3 is 0 Å². The maximum Gasteiger partial charge on any atom is 0.0154 e. The van der Waals surface area contributed by atoms with Gasteiger partial charge in [-0.15, -0.1) is 0 Å². The highest BCUT2D eigenvalue weighted by Crippen LogP contribution is 2.42. The summed E-state index contributed by atoms with van der Waals surface area (Å²) < 4.78 is 0. The molecule has 0 bridgehead atoms. The van der Waals surface area contributed by atoms with Crippen LogP contribution in [0, 0.1) is 11.8 Å². The third-order valence-corrected chi connectivity index (χ3v) is 5.47. The zero-order chi connectivity index (χ0) is 12.5. The lowest BCUT2D eigenvalue weighted by Crippen LogP contribution is -2.51. The molecule has 2 heteroatoms. The molecule has 100 valence electrons. The summed E-state index contributed by atoms with van der Waals surface area (Å²) in [7, 11) is 0. The van der Waals surface area contributed by atoms with Crippen LogP contribution in [-0.4, -0.2) is 11.1 Å². The van der Waals surface area contributed by atoms with Crippen molar-refractivity contribution in [2.45, 2.75) is 82.7 Å². The van der Waals surface area contributed by atoms with Gasteiger partial charge in [-0.3, -0.25) is 0 Å². The van der Waals surface area contributed by atoms with Crippen LogP contribution in [0.2, 0.25) is 0 Å². The van der Waals surface area contributed by atoms with Crippen LogP contribution >= 0.6 is 0 Å². The molecule has 0 spiro atoms. The molecule has 4 N–H and O–H groups in total. The molecule has 4 atom stereocenters. The van der Waals surface area contributed by atoms with Gasteiger partial charge in [0, 0.05) is 11.1 Å². The molecular weight excluding hydrogens is 208 g/mol. The predicted octanol–water partition coefficient (Wildman–Crippen LogP) is 3.19. The predicted molar refractivity (Wildman–Crippen MR) is 73.7 cm³/mol. The SMILES string of the molecule is CC1(N)CCCCC1CC1CCCCC1(C)N. The van der Waals surface area contributed by atoms with Gasteiger partial charge in [0.2, 0.25) is 0 Å². The summed E-state index contributed by atoms with van der Waals surface area (Å²) >= 11 is 0. The maximum absolute atomic E-state index is 6.49. The fourth-order valence-corrected chi connectivity index (χ4v) is 3.98. The summed E-state index contributed by atoms with van der Waals surface area (Å²) in [5.74, 6) is 1.39. The van der Waals surface area contributed by atoms with Gasteiger partial charge in [0.15, 0.2) is 0 Å². The molecule has 17 heavy (non-hydrogen) atoms. The largest absolute Gasteiger partial charge is 0.325 e. The summed E-state index contributed by atoms with van der Waals surface area (Å²) in [6.45, 7) is 4.51. The van der Waals surface area contributed by atoms with E-state index < -0.39 is 0 Å². The van der Waals surface area contributed by atoms with Gasteiger partial charge in [-0.05, 0) is 57.8 Å². The molecule has 0 aliphatic heterocycles. The van der Waals surface area contributed by atoms with Crippen LogP contribution in [0.1, 0.15) is 71.6 Å². The Bertz CT molecular complexity index is 232. The van der Waals surface area contributed by atoms with Crippen molar-refractivity contribution >= 4 is 0 Å². The van der Waals surface area contributed by atoms with E-state index in [-0.39, 0.29) is 11.1 Å². The van der Waals surface area contributed by atoms with Crippen molar-refractivity contribution in [2.24, 2.45) is 23.3 Å². The lowest BCUT2D eigenvalue weighted by Gasteiger charge is -2.45. The molecule has 0 aromatic carbocycles. The maximum atomic E-state index is 6.49. The van der Waals surface area contributed by atoms with Crippen molar-refractivity contribution in [3.05, 3.63) is 0 Å². The average Bonchev–Trinajstić information content (AvgIpc) is 2.23. The minimum Gasteiger partial charge on any atom is -0.325 e. The van der Waals surface area contributed by atoms with Crippen molar-refractivity contribution in [3.8, 4) is 0 Å². The lowest BCUT2D eigenvalue weighted by molar-refractivity contribution is 0.116. The molecule has 4 unspecified atom stereocenters. The summed E-state index contributed by atoms with van der Waals surface area (Å²) in [5, 5.41) is 0. The molecule has 0 saturated heterocycles. The quantitative estimate of drug-likeness (QED) is 0.776. The third-order valence-electron chi connectivity index (χ3n) is 5.47. The topological polar surface area (TPSA) is 52.0 Å². The van der Waals surface area contributed by atoms with Gasteiger partial charge in [0.25, 0.3) is 0 Å².